The van der Waals surface area contributed by atoms with Crippen molar-refractivity contribution in [3.8, 4) is 0 Å². The zero-order valence-electron chi connectivity index (χ0n) is 5.47. The van der Waals surface area contributed by atoms with Crippen LogP contribution < -0.4 is 0 Å². The molecule has 10 heavy (non-hydrogen) atoms. The third-order valence-corrected chi connectivity index (χ3v) is 1.38. The fourth-order valence-electron chi connectivity index (χ4n) is 0.367. The van der Waals surface area contributed by atoms with Gasteiger partial charge >= 0.3 is 5.97 Å². The molecule has 0 spiro atoms. The molecule has 0 aliphatic carbocycles. The van der Waals surface area contributed by atoms with E-state index in [1.165, 1.54) is 0 Å². The molecule has 0 heterocycles. The Morgan fingerprint density at radius 2 is 2.20 bits per heavy atom. The number of carboxylic acids is 1. The van der Waals surface area contributed by atoms with E-state index in [9.17, 15) is 4.79 Å². The Bertz CT molecular complexity index is 146. The van der Waals surface area contributed by atoms with Crippen molar-refractivity contribution in [3.05, 3.63) is 12.2 Å². The summed E-state index contributed by atoms with van der Waals surface area (Å²) in [4.78, 5) is 9.97. The Hall–Kier alpha value is 0.170. The van der Waals surface area contributed by atoms with Gasteiger partial charge in [0.1, 0.15) is 0 Å². The molecule has 0 aliphatic heterocycles. The van der Waals surface area contributed by atoms with Crippen LogP contribution in [0, 0.1) is 0 Å². The highest BCUT2D eigenvalue weighted by Gasteiger charge is 2.11. The van der Waals surface area contributed by atoms with Gasteiger partial charge in [0.15, 0.2) is 0 Å². The average molecular weight is 272 g/mol. The molecule has 0 saturated heterocycles. The van der Waals surface area contributed by atoms with Crippen molar-refractivity contribution in [2.75, 3.05) is 0 Å². The number of alkyl halides is 2. The van der Waals surface area contributed by atoms with Gasteiger partial charge < -0.3 is 5.11 Å². The van der Waals surface area contributed by atoms with Crippen LogP contribution in [0.5, 0.6) is 0 Å². The highest BCUT2D eigenvalue weighted by atomic mass is 79.9. The van der Waals surface area contributed by atoms with Crippen LogP contribution in [-0.4, -0.2) is 14.3 Å². The number of hydrogen-bond acceptors (Lipinski definition) is 1. The third-order valence-electron chi connectivity index (χ3n) is 0.737. The molecule has 58 valence electrons. The Kier molecular flexibility index (Phi) is 4.20. The van der Waals surface area contributed by atoms with E-state index >= 15 is 0 Å². The van der Waals surface area contributed by atoms with Crippen LogP contribution in [0.2, 0.25) is 0 Å². The summed E-state index contributed by atoms with van der Waals surface area (Å²) in [6.07, 6.45) is 3.35. The minimum Gasteiger partial charge on any atom is -0.478 e. The predicted molar refractivity (Wildman–Crippen MR) is 47.7 cm³/mol. The van der Waals surface area contributed by atoms with Crippen molar-refractivity contribution < 1.29 is 9.90 Å². The molecule has 0 unspecified atom stereocenters. The fraction of sp³-hybridized carbons (Fsp3) is 0.500. The molecule has 0 aromatic carbocycles. The van der Waals surface area contributed by atoms with E-state index < -0.39 is 5.97 Å². The van der Waals surface area contributed by atoms with Crippen LogP contribution in [-0.2, 0) is 4.79 Å². The van der Waals surface area contributed by atoms with Gasteiger partial charge in [0.25, 0.3) is 0 Å². The topological polar surface area (TPSA) is 37.3 Å². The number of rotatable bonds is 3. The molecule has 0 aliphatic rings. The average Bonchev–Trinajstić information content (AvgIpc) is 1.59. The maximum absolute atomic E-state index is 9.97. The Balaban J connectivity index is 3.64. The summed E-state index contributed by atoms with van der Waals surface area (Å²) in [5.41, 5.74) is 0. The Labute approximate surface area is 76.6 Å². The molecule has 0 aromatic heterocycles. The van der Waals surface area contributed by atoms with E-state index in [1.807, 2.05) is 6.92 Å². The molecule has 0 rings (SSSR count). The molecule has 4 heteroatoms. The number of carbonyl (C=O) groups is 1. The lowest BCUT2D eigenvalue weighted by atomic mass is 10.3. The normalized spacial score (nSPS) is 12.3. The first-order chi connectivity index (χ1) is 4.42. The van der Waals surface area contributed by atoms with E-state index in [1.54, 1.807) is 6.08 Å². The zero-order chi connectivity index (χ0) is 8.20. The number of aliphatic carboxylic acids is 1. The number of halogens is 2. The molecule has 0 bridgehead atoms. The number of carboxylic acid groups (broad SMARTS) is 1. The summed E-state index contributed by atoms with van der Waals surface area (Å²) < 4.78 is -0.189. The van der Waals surface area contributed by atoms with Gasteiger partial charge in [-0.25, -0.2) is 4.79 Å². The van der Waals surface area contributed by atoms with Crippen LogP contribution in [0.4, 0.5) is 0 Å². The largest absolute Gasteiger partial charge is 0.478 e. The molecule has 0 fully saturated rings. The second kappa shape index (κ2) is 4.13. The van der Waals surface area contributed by atoms with Crippen LogP contribution in [0.25, 0.3) is 0 Å². The van der Waals surface area contributed by atoms with Gasteiger partial charge in [-0.3, -0.25) is 0 Å². The smallest absolute Gasteiger partial charge is 0.327 e. The van der Waals surface area contributed by atoms with Crippen molar-refractivity contribution in [1.29, 1.82) is 0 Å². The summed E-state index contributed by atoms with van der Waals surface area (Å²) in [6, 6.07) is 0. The van der Waals surface area contributed by atoms with Crippen molar-refractivity contribution >= 4 is 37.8 Å². The minimum absolute atomic E-state index is 0.189. The van der Waals surface area contributed by atoms with Crippen LogP contribution in [0.15, 0.2) is 12.2 Å². The Morgan fingerprint density at radius 3 is 2.50 bits per heavy atom. The summed E-state index contributed by atoms with van der Waals surface area (Å²) in [6.45, 7) is 1.90. The molecule has 0 atom stereocenters. The standard InChI is InChI=1S/C6H8Br2O2/c1-6(7,8)4-2-3-5(9)10/h2-3H,4H2,1H3,(H,9,10). The van der Waals surface area contributed by atoms with Crippen molar-refractivity contribution in [2.24, 2.45) is 0 Å². The molecule has 1 N–H and O–H groups in total. The van der Waals surface area contributed by atoms with E-state index in [0.717, 1.165) is 6.08 Å². The zero-order valence-corrected chi connectivity index (χ0v) is 8.65. The molecular weight excluding hydrogens is 264 g/mol. The molecule has 0 radical (unpaired) electrons. The van der Waals surface area contributed by atoms with Crippen LogP contribution in [0.3, 0.4) is 0 Å². The van der Waals surface area contributed by atoms with Crippen molar-refractivity contribution in [1.82, 2.24) is 0 Å². The summed E-state index contributed by atoms with van der Waals surface area (Å²) >= 11 is 6.60. The summed E-state index contributed by atoms with van der Waals surface area (Å²) in [5.74, 6) is -0.913. The first kappa shape index (κ1) is 10.2. The Morgan fingerprint density at radius 1 is 1.70 bits per heavy atom. The number of hydrogen-bond donors (Lipinski definition) is 1. The van der Waals surface area contributed by atoms with Crippen LogP contribution >= 0.6 is 31.9 Å². The molecule has 0 aromatic rings. The lowest BCUT2D eigenvalue weighted by Gasteiger charge is -2.08. The van der Waals surface area contributed by atoms with E-state index in [-0.39, 0.29) is 3.23 Å². The SMILES string of the molecule is CC(Br)(Br)CC=CC(=O)O. The van der Waals surface area contributed by atoms with E-state index in [0.29, 0.717) is 6.42 Å². The highest BCUT2D eigenvalue weighted by Crippen LogP contribution is 2.29. The second-order valence-corrected chi connectivity index (χ2v) is 6.58. The maximum Gasteiger partial charge on any atom is 0.327 e. The van der Waals surface area contributed by atoms with Crippen molar-refractivity contribution in [2.45, 2.75) is 16.6 Å². The lowest BCUT2D eigenvalue weighted by Crippen LogP contribution is -2.01. The van der Waals surface area contributed by atoms with Gasteiger partial charge in [0, 0.05) is 6.08 Å². The van der Waals surface area contributed by atoms with Gasteiger partial charge in [0.2, 0.25) is 0 Å². The first-order valence-corrected chi connectivity index (χ1v) is 4.28. The lowest BCUT2D eigenvalue weighted by molar-refractivity contribution is -0.131. The number of allylic oxidation sites excluding steroid dienone is 1. The first-order valence-electron chi connectivity index (χ1n) is 2.69. The monoisotopic (exact) mass is 270 g/mol. The molecule has 0 saturated carbocycles. The van der Waals surface area contributed by atoms with Crippen molar-refractivity contribution in [3.63, 3.8) is 0 Å². The molecule has 2 nitrogen and oxygen atoms in total. The second-order valence-electron chi connectivity index (χ2n) is 2.01. The maximum atomic E-state index is 9.97. The predicted octanol–water partition coefficient (Wildman–Crippen LogP) is 2.52. The van der Waals surface area contributed by atoms with Crippen LogP contribution in [0.1, 0.15) is 13.3 Å². The van der Waals surface area contributed by atoms with Gasteiger partial charge in [-0.2, -0.15) is 0 Å². The van der Waals surface area contributed by atoms with Gasteiger partial charge in [-0.1, -0.05) is 37.9 Å². The van der Waals surface area contributed by atoms with E-state index in [2.05, 4.69) is 31.9 Å². The van der Waals surface area contributed by atoms with Gasteiger partial charge in [-0.05, 0) is 13.3 Å². The van der Waals surface area contributed by atoms with E-state index in [4.69, 9.17) is 5.11 Å². The summed E-state index contributed by atoms with van der Waals surface area (Å²) in [5, 5.41) is 8.19. The highest BCUT2D eigenvalue weighted by molar-refractivity contribution is 9.25. The molecule has 0 amide bonds. The third kappa shape index (κ3) is 8.17. The fourth-order valence-corrected chi connectivity index (χ4v) is 0.741. The molecular formula is C6H8Br2O2. The summed E-state index contributed by atoms with van der Waals surface area (Å²) in [7, 11) is 0. The van der Waals surface area contributed by atoms with Gasteiger partial charge in [-0.15, -0.1) is 0 Å². The quantitative estimate of drug-likeness (QED) is 0.633. The van der Waals surface area contributed by atoms with Gasteiger partial charge in [0.05, 0.1) is 3.23 Å². The minimum atomic E-state index is -0.913.